The number of benzene rings is 1. The van der Waals surface area contributed by atoms with Crippen LogP contribution in [-0.2, 0) is 16.1 Å². The summed E-state index contributed by atoms with van der Waals surface area (Å²) in [5.74, 6) is -0.805. The summed E-state index contributed by atoms with van der Waals surface area (Å²) in [7, 11) is 1.74. The summed E-state index contributed by atoms with van der Waals surface area (Å²) in [4.78, 5) is 17.2. The van der Waals surface area contributed by atoms with Gasteiger partial charge >= 0.3 is 5.97 Å². The van der Waals surface area contributed by atoms with E-state index in [0.29, 0.717) is 5.56 Å². The van der Waals surface area contributed by atoms with Gasteiger partial charge in [-0.1, -0.05) is 12.1 Å². The number of carbonyl (C=O) groups excluding carboxylic acids is 1. The van der Waals surface area contributed by atoms with Crippen LogP contribution in [0.3, 0.4) is 0 Å². The minimum atomic E-state index is -0.891. The fraction of sp³-hybridized carbons (Fsp3) is 0.529. The lowest BCUT2D eigenvalue weighted by Gasteiger charge is -2.35. The molecule has 0 unspecified atom stereocenters. The molecule has 1 aromatic rings. The quantitative estimate of drug-likeness (QED) is 0.624. The molecule has 0 amide bonds. The standard InChI is InChI=1S/C17H23FN2O2/c1-16(2,3)22-15(21)17(4,5)20(7)11-12-8-9-13(19-6)10-14(12)18/h8-10H,11H2,1-5,7H3. The van der Waals surface area contributed by atoms with E-state index in [9.17, 15) is 9.18 Å². The fourth-order valence-corrected chi connectivity index (χ4v) is 1.75. The van der Waals surface area contributed by atoms with E-state index in [2.05, 4.69) is 4.85 Å². The largest absolute Gasteiger partial charge is 0.459 e. The minimum Gasteiger partial charge on any atom is -0.459 e. The van der Waals surface area contributed by atoms with Gasteiger partial charge in [-0.2, -0.15) is 0 Å². The molecule has 0 fully saturated rings. The molecule has 0 radical (unpaired) electrons. The highest BCUT2D eigenvalue weighted by molar-refractivity contribution is 5.80. The van der Waals surface area contributed by atoms with Crippen LogP contribution in [0.2, 0.25) is 0 Å². The molecule has 0 saturated carbocycles. The Kier molecular flexibility index (Phi) is 5.31. The molecular formula is C17H23FN2O2. The second-order valence-electron chi connectivity index (χ2n) is 6.80. The molecule has 1 aromatic carbocycles. The van der Waals surface area contributed by atoms with E-state index in [0.717, 1.165) is 0 Å². The highest BCUT2D eigenvalue weighted by atomic mass is 19.1. The molecule has 120 valence electrons. The van der Waals surface area contributed by atoms with Crippen LogP contribution in [0, 0.1) is 12.4 Å². The van der Waals surface area contributed by atoms with Crippen molar-refractivity contribution in [2.45, 2.75) is 52.3 Å². The number of rotatable bonds is 4. The number of nitrogens with zero attached hydrogens (tertiary/aromatic N) is 2. The van der Waals surface area contributed by atoms with Gasteiger partial charge in [0.05, 0.1) is 6.57 Å². The molecule has 0 aromatic heterocycles. The maximum atomic E-state index is 14.0. The summed E-state index contributed by atoms with van der Waals surface area (Å²) in [5.41, 5.74) is -0.766. The zero-order chi connectivity index (χ0) is 17.1. The van der Waals surface area contributed by atoms with E-state index in [1.165, 1.54) is 6.07 Å². The van der Waals surface area contributed by atoms with Crippen molar-refractivity contribution in [3.05, 3.63) is 41.0 Å². The van der Waals surface area contributed by atoms with Gasteiger partial charge in [-0.05, 0) is 53.3 Å². The summed E-state index contributed by atoms with van der Waals surface area (Å²) in [6, 6.07) is 4.35. The summed E-state index contributed by atoms with van der Waals surface area (Å²) in [5, 5.41) is 0. The zero-order valence-corrected chi connectivity index (χ0v) is 14.0. The van der Waals surface area contributed by atoms with Gasteiger partial charge in [0.2, 0.25) is 0 Å². The highest BCUT2D eigenvalue weighted by Gasteiger charge is 2.36. The third-order valence-corrected chi connectivity index (χ3v) is 3.43. The predicted octanol–water partition coefficient (Wildman–Crippen LogP) is 3.93. The van der Waals surface area contributed by atoms with Gasteiger partial charge in [-0.3, -0.25) is 9.69 Å². The number of carbonyl (C=O) groups is 1. The first-order chi connectivity index (χ1) is 9.97. The first-order valence-corrected chi connectivity index (χ1v) is 7.08. The Hall–Kier alpha value is -1.93. The molecule has 0 bridgehead atoms. The zero-order valence-electron chi connectivity index (χ0n) is 14.0. The molecule has 0 N–H and O–H groups in total. The van der Waals surface area contributed by atoms with Gasteiger partial charge in [-0.15, -0.1) is 0 Å². The summed E-state index contributed by atoms with van der Waals surface area (Å²) in [6.07, 6.45) is 0. The van der Waals surface area contributed by atoms with Crippen molar-refractivity contribution in [1.29, 1.82) is 0 Å². The summed E-state index contributed by atoms with van der Waals surface area (Å²) < 4.78 is 19.4. The number of ether oxygens (including phenoxy) is 1. The average molecular weight is 306 g/mol. The van der Waals surface area contributed by atoms with E-state index < -0.39 is 17.0 Å². The lowest BCUT2D eigenvalue weighted by Crippen LogP contribution is -2.50. The number of likely N-dealkylation sites (N-methyl/N-ethyl adjacent to an activating group) is 1. The molecule has 0 saturated heterocycles. The average Bonchev–Trinajstić information content (AvgIpc) is 2.38. The first kappa shape index (κ1) is 18.1. The van der Waals surface area contributed by atoms with E-state index >= 15 is 0 Å². The number of hydrogen-bond donors (Lipinski definition) is 0. The van der Waals surface area contributed by atoms with Crippen molar-refractivity contribution in [2.75, 3.05) is 7.05 Å². The summed E-state index contributed by atoms with van der Waals surface area (Å²) in [6.45, 7) is 16.0. The maximum absolute atomic E-state index is 14.0. The molecule has 5 heteroatoms. The Morgan fingerprint density at radius 3 is 2.36 bits per heavy atom. The smallest absolute Gasteiger partial charge is 0.326 e. The lowest BCUT2D eigenvalue weighted by atomic mass is 10.0. The van der Waals surface area contributed by atoms with Gasteiger partial charge < -0.3 is 4.74 Å². The van der Waals surface area contributed by atoms with E-state index in [-0.39, 0.29) is 18.2 Å². The van der Waals surface area contributed by atoms with Crippen molar-refractivity contribution < 1.29 is 13.9 Å². The number of esters is 1. The van der Waals surface area contributed by atoms with Crippen LogP contribution in [-0.4, -0.2) is 29.1 Å². The SMILES string of the molecule is [C-]#[N+]c1ccc(CN(C)C(C)(C)C(=O)OC(C)(C)C)c(F)c1. The van der Waals surface area contributed by atoms with Gasteiger partial charge in [0.25, 0.3) is 0 Å². The van der Waals surface area contributed by atoms with E-state index in [1.807, 2.05) is 20.8 Å². The van der Waals surface area contributed by atoms with Gasteiger partial charge in [0.15, 0.2) is 5.69 Å². The van der Waals surface area contributed by atoms with Crippen LogP contribution < -0.4 is 0 Å². The molecule has 0 aliphatic rings. The molecule has 4 nitrogen and oxygen atoms in total. The molecule has 0 aliphatic carbocycles. The maximum Gasteiger partial charge on any atom is 0.326 e. The van der Waals surface area contributed by atoms with E-state index in [1.54, 1.807) is 37.9 Å². The van der Waals surface area contributed by atoms with Crippen molar-refractivity contribution in [3.63, 3.8) is 0 Å². The van der Waals surface area contributed by atoms with Gasteiger partial charge in [0, 0.05) is 6.54 Å². The highest BCUT2D eigenvalue weighted by Crippen LogP contribution is 2.23. The topological polar surface area (TPSA) is 33.9 Å². The van der Waals surface area contributed by atoms with Gasteiger partial charge in [-0.25, -0.2) is 9.24 Å². The second-order valence-corrected chi connectivity index (χ2v) is 6.80. The minimum absolute atomic E-state index is 0.246. The van der Waals surface area contributed by atoms with Crippen LogP contribution >= 0.6 is 0 Å². The van der Waals surface area contributed by atoms with Crippen molar-refractivity contribution >= 4 is 11.7 Å². The Morgan fingerprint density at radius 2 is 1.91 bits per heavy atom. The molecule has 22 heavy (non-hydrogen) atoms. The molecule has 0 atom stereocenters. The monoisotopic (exact) mass is 306 g/mol. The van der Waals surface area contributed by atoms with Crippen molar-refractivity contribution in [2.24, 2.45) is 0 Å². The normalized spacial score (nSPS) is 12.1. The molecule has 0 aliphatic heterocycles. The van der Waals surface area contributed by atoms with Crippen LogP contribution in [0.5, 0.6) is 0 Å². The lowest BCUT2D eigenvalue weighted by molar-refractivity contribution is -0.167. The molecule has 0 spiro atoms. The number of hydrogen-bond acceptors (Lipinski definition) is 3. The molecular weight excluding hydrogens is 283 g/mol. The van der Waals surface area contributed by atoms with Gasteiger partial charge in [0.1, 0.15) is 17.0 Å². The predicted molar refractivity (Wildman–Crippen MR) is 84.1 cm³/mol. The van der Waals surface area contributed by atoms with Crippen LogP contribution in [0.25, 0.3) is 4.85 Å². The van der Waals surface area contributed by atoms with E-state index in [4.69, 9.17) is 11.3 Å². The Bertz CT molecular complexity index is 598. The molecule has 0 heterocycles. The van der Waals surface area contributed by atoms with Crippen molar-refractivity contribution in [1.82, 2.24) is 4.90 Å². The van der Waals surface area contributed by atoms with Crippen molar-refractivity contribution in [3.8, 4) is 0 Å². The fourth-order valence-electron chi connectivity index (χ4n) is 1.75. The Morgan fingerprint density at radius 1 is 1.32 bits per heavy atom. The molecule has 1 rings (SSSR count). The summed E-state index contributed by atoms with van der Waals surface area (Å²) >= 11 is 0. The van der Waals surface area contributed by atoms with Crippen LogP contribution in [0.1, 0.15) is 40.2 Å². The second kappa shape index (κ2) is 6.45. The first-order valence-electron chi connectivity index (χ1n) is 7.08. The third kappa shape index (κ3) is 4.54. The van der Waals surface area contributed by atoms with Crippen LogP contribution in [0.15, 0.2) is 18.2 Å². The third-order valence-electron chi connectivity index (χ3n) is 3.43. The Labute approximate surface area is 131 Å². The van der Waals surface area contributed by atoms with Crippen LogP contribution in [0.4, 0.5) is 10.1 Å². The number of halogens is 1. The Balaban J connectivity index is 2.89.